The smallest absolute Gasteiger partial charge is 0.246 e. The summed E-state index contributed by atoms with van der Waals surface area (Å²) in [6.45, 7) is 5.02. The van der Waals surface area contributed by atoms with Crippen molar-refractivity contribution in [2.45, 2.75) is 39.2 Å². The Hall–Kier alpha value is -3.85. The van der Waals surface area contributed by atoms with Gasteiger partial charge in [0.2, 0.25) is 17.8 Å². The quantitative estimate of drug-likeness (QED) is 0.399. The average Bonchev–Trinajstić information content (AvgIpc) is 3.58. The Morgan fingerprint density at radius 3 is 2.32 bits per heavy atom. The molecule has 1 aliphatic rings. The van der Waals surface area contributed by atoms with Crippen molar-refractivity contribution >= 4 is 17.8 Å². The second-order valence-electron chi connectivity index (χ2n) is 9.80. The van der Waals surface area contributed by atoms with E-state index in [2.05, 4.69) is 5.32 Å². The molecule has 38 heavy (non-hydrogen) atoms. The van der Waals surface area contributed by atoms with Crippen molar-refractivity contribution in [2.24, 2.45) is 5.92 Å². The molecule has 1 N–H and O–H groups in total. The number of nitrogens with one attached hydrogen (secondary N) is 1. The van der Waals surface area contributed by atoms with Crippen LogP contribution in [0.2, 0.25) is 0 Å². The second-order valence-corrected chi connectivity index (χ2v) is 9.80. The van der Waals surface area contributed by atoms with Gasteiger partial charge in [0, 0.05) is 37.0 Å². The molecule has 0 radical (unpaired) electrons. The Bertz CT molecular complexity index is 1210. The largest absolute Gasteiger partial charge is 0.497 e. The van der Waals surface area contributed by atoms with Gasteiger partial charge in [0.1, 0.15) is 18.0 Å². The molecular weight excluding hydrogens is 484 g/mol. The molecule has 9 nitrogen and oxygen atoms in total. The fourth-order valence-electron chi connectivity index (χ4n) is 4.41. The highest BCUT2D eigenvalue weighted by atomic mass is 16.5. The van der Waals surface area contributed by atoms with E-state index in [4.69, 9.17) is 19.2 Å². The highest BCUT2D eigenvalue weighted by molar-refractivity contribution is 5.94. The zero-order chi connectivity index (χ0) is 27.1. The number of carbonyl (C=O) groups excluding carboxylic acids is 2. The normalized spacial score (nSPS) is 14.9. The highest BCUT2D eigenvalue weighted by Gasteiger charge is 2.25. The Balaban J connectivity index is 1.59. The summed E-state index contributed by atoms with van der Waals surface area (Å²) < 4.78 is 18.1. The van der Waals surface area contributed by atoms with Gasteiger partial charge in [-0.3, -0.25) is 19.5 Å². The topological polar surface area (TPSA) is 94.9 Å². The molecule has 1 fully saturated rings. The summed E-state index contributed by atoms with van der Waals surface area (Å²) in [5, 5.41) is 2.94. The molecule has 1 unspecified atom stereocenters. The lowest BCUT2D eigenvalue weighted by molar-refractivity contribution is -0.136. The number of carbonyl (C=O) groups is 2. The van der Waals surface area contributed by atoms with Gasteiger partial charge in [-0.05, 0) is 67.3 Å². The van der Waals surface area contributed by atoms with E-state index in [9.17, 15) is 9.59 Å². The number of amides is 2. The molecule has 0 spiro atoms. The van der Waals surface area contributed by atoms with Crippen LogP contribution in [-0.4, -0.2) is 66.3 Å². The molecule has 2 aromatic carbocycles. The zero-order valence-corrected chi connectivity index (χ0v) is 22.5. The van der Waals surface area contributed by atoms with Gasteiger partial charge in [-0.25, -0.2) is 4.98 Å². The minimum Gasteiger partial charge on any atom is -0.497 e. The van der Waals surface area contributed by atoms with Gasteiger partial charge in [0.15, 0.2) is 0 Å². The Labute approximate surface area is 223 Å². The van der Waals surface area contributed by atoms with Crippen molar-refractivity contribution in [1.29, 1.82) is 0 Å². The third-order valence-corrected chi connectivity index (χ3v) is 6.41. The molecule has 2 amide bonds. The van der Waals surface area contributed by atoms with E-state index in [-0.39, 0.29) is 30.4 Å². The number of benzene rings is 2. The predicted molar refractivity (Wildman–Crippen MR) is 146 cm³/mol. The van der Waals surface area contributed by atoms with Crippen LogP contribution < -0.4 is 14.8 Å². The van der Waals surface area contributed by atoms with Crippen LogP contribution >= 0.6 is 0 Å². The van der Waals surface area contributed by atoms with Crippen LogP contribution in [0.5, 0.6) is 11.5 Å². The van der Waals surface area contributed by atoms with Gasteiger partial charge in [-0.2, -0.15) is 0 Å². The van der Waals surface area contributed by atoms with E-state index in [0.717, 1.165) is 35.6 Å². The first-order valence-electron chi connectivity index (χ1n) is 12.9. The molecule has 9 heteroatoms. The van der Waals surface area contributed by atoms with Crippen LogP contribution in [0.4, 0.5) is 5.95 Å². The number of ether oxygens (including phenoxy) is 3. The van der Waals surface area contributed by atoms with Crippen LogP contribution in [0.25, 0.3) is 16.9 Å². The fraction of sp³-hybridized carbons (Fsp3) is 0.414. The molecule has 1 saturated heterocycles. The first-order valence-corrected chi connectivity index (χ1v) is 12.9. The van der Waals surface area contributed by atoms with Gasteiger partial charge >= 0.3 is 0 Å². The van der Waals surface area contributed by atoms with Crippen LogP contribution in [-0.2, 0) is 14.3 Å². The molecule has 1 aliphatic heterocycles. The Morgan fingerprint density at radius 1 is 1.08 bits per heavy atom. The SMILES string of the molecule is COc1ccc(-c2cn(-c3ccc(OC)cc3)c(NC(=O)CN(CC3CCCO3)C(=O)CC(C)C)n2)cc1. The summed E-state index contributed by atoms with van der Waals surface area (Å²) in [6, 6.07) is 15.0. The molecule has 2 heterocycles. The van der Waals surface area contributed by atoms with E-state index in [0.29, 0.717) is 31.2 Å². The number of hydrogen-bond donors (Lipinski definition) is 1. The lowest BCUT2D eigenvalue weighted by Crippen LogP contribution is -2.42. The molecule has 1 aromatic heterocycles. The maximum Gasteiger partial charge on any atom is 0.246 e. The first-order chi connectivity index (χ1) is 18.4. The summed E-state index contributed by atoms with van der Waals surface area (Å²) in [5.41, 5.74) is 2.37. The number of imidazole rings is 1. The first kappa shape index (κ1) is 27.2. The average molecular weight is 521 g/mol. The number of methoxy groups -OCH3 is 2. The van der Waals surface area contributed by atoms with E-state index in [1.165, 1.54) is 0 Å². The Morgan fingerprint density at radius 2 is 1.74 bits per heavy atom. The van der Waals surface area contributed by atoms with Crippen molar-refractivity contribution in [1.82, 2.24) is 14.5 Å². The molecule has 4 rings (SSSR count). The van der Waals surface area contributed by atoms with Crippen molar-refractivity contribution < 1.29 is 23.8 Å². The van der Waals surface area contributed by atoms with Crippen molar-refractivity contribution in [3.63, 3.8) is 0 Å². The van der Waals surface area contributed by atoms with Crippen molar-refractivity contribution in [2.75, 3.05) is 39.2 Å². The molecule has 1 atom stereocenters. The van der Waals surface area contributed by atoms with Gasteiger partial charge in [-0.1, -0.05) is 13.8 Å². The molecule has 0 aliphatic carbocycles. The summed E-state index contributed by atoms with van der Waals surface area (Å²) in [4.78, 5) is 32.6. The van der Waals surface area contributed by atoms with E-state index in [1.807, 2.05) is 73.1 Å². The monoisotopic (exact) mass is 520 g/mol. The molecule has 0 saturated carbocycles. The standard InChI is InChI=1S/C29H36N4O5/c1-20(2)16-28(35)32(17-25-6-5-15-38-25)19-27(34)31-29-30-26(21-7-11-23(36-3)12-8-21)18-33(29)22-9-13-24(37-4)14-10-22/h7-14,18,20,25H,5-6,15-17,19H2,1-4H3,(H,30,31,34). The van der Waals surface area contributed by atoms with Crippen LogP contribution in [0.15, 0.2) is 54.7 Å². The maximum absolute atomic E-state index is 13.3. The van der Waals surface area contributed by atoms with Gasteiger partial charge < -0.3 is 19.1 Å². The minimum absolute atomic E-state index is 0.0399. The lowest BCUT2D eigenvalue weighted by atomic mass is 10.1. The molecular formula is C29H36N4O5. The number of anilines is 1. The maximum atomic E-state index is 13.3. The van der Waals surface area contributed by atoms with Crippen LogP contribution in [0, 0.1) is 5.92 Å². The third kappa shape index (κ3) is 6.92. The van der Waals surface area contributed by atoms with Crippen LogP contribution in [0.3, 0.4) is 0 Å². The van der Waals surface area contributed by atoms with Gasteiger partial charge in [-0.15, -0.1) is 0 Å². The van der Waals surface area contributed by atoms with Crippen molar-refractivity contribution in [3.05, 3.63) is 54.7 Å². The second kappa shape index (κ2) is 12.6. The highest BCUT2D eigenvalue weighted by Crippen LogP contribution is 2.27. The summed E-state index contributed by atoms with van der Waals surface area (Å²) in [5.74, 6) is 1.65. The molecule has 202 valence electrons. The van der Waals surface area contributed by atoms with Crippen LogP contribution in [0.1, 0.15) is 33.1 Å². The molecule has 3 aromatic rings. The van der Waals surface area contributed by atoms with E-state index < -0.39 is 0 Å². The summed E-state index contributed by atoms with van der Waals surface area (Å²) in [6.07, 6.45) is 4.06. The number of rotatable bonds is 11. The zero-order valence-electron chi connectivity index (χ0n) is 22.5. The van der Waals surface area contributed by atoms with Gasteiger partial charge in [0.25, 0.3) is 0 Å². The number of aromatic nitrogens is 2. The summed E-state index contributed by atoms with van der Waals surface area (Å²) >= 11 is 0. The predicted octanol–water partition coefficient (Wildman–Crippen LogP) is 4.55. The van der Waals surface area contributed by atoms with Crippen molar-refractivity contribution in [3.8, 4) is 28.4 Å². The molecule has 0 bridgehead atoms. The van der Waals surface area contributed by atoms with Gasteiger partial charge in [0.05, 0.1) is 26.0 Å². The fourth-order valence-corrected chi connectivity index (χ4v) is 4.41. The summed E-state index contributed by atoms with van der Waals surface area (Å²) in [7, 11) is 3.23. The lowest BCUT2D eigenvalue weighted by Gasteiger charge is -2.25. The van der Waals surface area contributed by atoms with E-state index in [1.54, 1.807) is 19.1 Å². The third-order valence-electron chi connectivity index (χ3n) is 6.41. The van der Waals surface area contributed by atoms with E-state index >= 15 is 0 Å². The number of nitrogens with zero attached hydrogens (tertiary/aromatic N) is 3. The number of hydrogen-bond acceptors (Lipinski definition) is 6. The Kier molecular flexibility index (Phi) is 9.02. The minimum atomic E-state index is -0.318.